The predicted octanol–water partition coefficient (Wildman–Crippen LogP) is 5.66. The van der Waals surface area contributed by atoms with Gasteiger partial charge in [0.25, 0.3) is 0 Å². The summed E-state index contributed by atoms with van der Waals surface area (Å²) in [6.45, 7) is 4.59. The van der Waals surface area contributed by atoms with Crippen molar-refractivity contribution in [1.82, 2.24) is 19.7 Å². The van der Waals surface area contributed by atoms with Crippen molar-refractivity contribution in [3.8, 4) is 5.69 Å². The van der Waals surface area contributed by atoms with Crippen LogP contribution in [0, 0.1) is 5.82 Å². The molecular formula is C27H28FN5OS. The van der Waals surface area contributed by atoms with E-state index in [1.165, 1.54) is 43.2 Å². The van der Waals surface area contributed by atoms with Gasteiger partial charge in [-0.1, -0.05) is 48.5 Å². The van der Waals surface area contributed by atoms with Crippen LogP contribution in [0.2, 0.25) is 0 Å². The molecule has 1 fully saturated rings. The molecule has 0 bridgehead atoms. The van der Waals surface area contributed by atoms with Gasteiger partial charge in [0.1, 0.15) is 5.82 Å². The molecule has 1 atom stereocenters. The molecule has 0 spiro atoms. The van der Waals surface area contributed by atoms with Crippen LogP contribution in [0.25, 0.3) is 16.5 Å². The Labute approximate surface area is 208 Å². The number of carbonyl (C=O) groups excluding carboxylic acids is 1. The van der Waals surface area contributed by atoms with Gasteiger partial charge in [-0.05, 0) is 80.0 Å². The molecule has 4 aromatic rings. The van der Waals surface area contributed by atoms with Crippen molar-refractivity contribution in [3.05, 3.63) is 78.4 Å². The summed E-state index contributed by atoms with van der Waals surface area (Å²) in [4.78, 5) is 15.4. The topological polar surface area (TPSA) is 63.1 Å². The molecule has 6 nitrogen and oxygen atoms in total. The molecule has 1 aliphatic heterocycles. The highest BCUT2D eigenvalue weighted by Crippen LogP contribution is 2.28. The first-order chi connectivity index (χ1) is 17.1. The lowest BCUT2D eigenvalue weighted by Gasteiger charge is -2.26. The van der Waals surface area contributed by atoms with Gasteiger partial charge in [0.2, 0.25) is 5.91 Å². The first kappa shape index (κ1) is 23.5. The van der Waals surface area contributed by atoms with Crippen LogP contribution >= 0.6 is 11.8 Å². The zero-order valence-corrected chi connectivity index (χ0v) is 20.5. The molecule has 1 N–H and O–H groups in total. The van der Waals surface area contributed by atoms with E-state index in [4.69, 9.17) is 0 Å². The second-order valence-corrected chi connectivity index (χ2v) is 10.2. The molecule has 1 saturated heterocycles. The Morgan fingerprint density at radius 2 is 1.74 bits per heavy atom. The number of thioether (sulfide) groups is 1. The molecule has 0 saturated carbocycles. The molecule has 5 rings (SSSR count). The summed E-state index contributed by atoms with van der Waals surface area (Å²) in [5.74, 6) is 0.386. The maximum atomic E-state index is 13.6. The van der Waals surface area contributed by atoms with E-state index in [1.54, 1.807) is 12.1 Å². The van der Waals surface area contributed by atoms with Crippen LogP contribution in [0.1, 0.15) is 32.0 Å². The lowest BCUT2D eigenvalue weighted by molar-refractivity contribution is -0.115. The van der Waals surface area contributed by atoms with Gasteiger partial charge < -0.3 is 5.32 Å². The van der Waals surface area contributed by atoms with Gasteiger partial charge in [-0.15, -0.1) is 10.2 Å². The Bertz CT molecular complexity index is 1320. The third-order valence-electron chi connectivity index (χ3n) is 6.27. The number of hydrogen-bond donors (Lipinski definition) is 1. The minimum absolute atomic E-state index is 0.114. The fourth-order valence-corrected chi connectivity index (χ4v) is 5.26. The molecule has 1 amide bonds. The fourth-order valence-electron chi connectivity index (χ4n) is 4.37. The van der Waals surface area contributed by atoms with Gasteiger partial charge in [0.05, 0.1) is 11.8 Å². The minimum Gasteiger partial charge on any atom is -0.325 e. The summed E-state index contributed by atoms with van der Waals surface area (Å²) in [5, 5.41) is 14.3. The lowest BCUT2D eigenvalue weighted by atomic mass is 10.1. The second kappa shape index (κ2) is 10.6. The van der Waals surface area contributed by atoms with Crippen molar-refractivity contribution in [3.63, 3.8) is 0 Å². The first-order valence-electron chi connectivity index (χ1n) is 12.0. The SMILES string of the molecule is CC(Sc1nnc(CN2CCCCC2)n1-c1ccc(F)cc1)C(=O)Nc1ccc2ccccc2c1. The summed E-state index contributed by atoms with van der Waals surface area (Å²) in [7, 11) is 0. The zero-order chi connectivity index (χ0) is 24.2. The molecule has 1 unspecified atom stereocenters. The predicted molar refractivity (Wildman–Crippen MR) is 138 cm³/mol. The third kappa shape index (κ3) is 5.55. The third-order valence-corrected chi connectivity index (χ3v) is 7.31. The van der Waals surface area contributed by atoms with Crippen molar-refractivity contribution in [2.24, 2.45) is 0 Å². The van der Waals surface area contributed by atoms with E-state index in [9.17, 15) is 9.18 Å². The highest BCUT2D eigenvalue weighted by atomic mass is 32.2. The highest BCUT2D eigenvalue weighted by molar-refractivity contribution is 8.00. The van der Waals surface area contributed by atoms with Crippen molar-refractivity contribution >= 4 is 34.1 Å². The van der Waals surface area contributed by atoms with E-state index in [0.29, 0.717) is 11.7 Å². The Morgan fingerprint density at radius 1 is 1.00 bits per heavy atom. The van der Waals surface area contributed by atoms with E-state index in [0.717, 1.165) is 41.1 Å². The number of fused-ring (bicyclic) bond motifs is 1. The number of anilines is 1. The number of aromatic nitrogens is 3. The number of halogens is 1. The number of likely N-dealkylation sites (tertiary alicyclic amines) is 1. The van der Waals surface area contributed by atoms with Crippen molar-refractivity contribution in [1.29, 1.82) is 0 Å². The van der Waals surface area contributed by atoms with E-state index < -0.39 is 5.25 Å². The Balaban J connectivity index is 1.35. The number of benzene rings is 3. The molecule has 35 heavy (non-hydrogen) atoms. The van der Waals surface area contributed by atoms with E-state index in [-0.39, 0.29) is 11.7 Å². The zero-order valence-electron chi connectivity index (χ0n) is 19.7. The monoisotopic (exact) mass is 489 g/mol. The normalized spacial score (nSPS) is 15.3. The highest BCUT2D eigenvalue weighted by Gasteiger charge is 2.23. The molecule has 0 radical (unpaired) electrons. The fraction of sp³-hybridized carbons (Fsp3) is 0.296. The number of amides is 1. The van der Waals surface area contributed by atoms with E-state index in [1.807, 2.05) is 54.0 Å². The average molecular weight is 490 g/mol. The standard InChI is InChI=1S/C27H28FN5OS/c1-19(26(34)29-23-12-9-20-7-3-4-8-21(20)17-23)35-27-31-30-25(18-32-15-5-2-6-16-32)33(27)24-13-10-22(28)11-14-24/h3-4,7-14,17,19H,2,5-6,15-16,18H2,1H3,(H,29,34). The summed E-state index contributed by atoms with van der Waals surface area (Å²) in [6, 6.07) is 20.3. The molecule has 3 aromatic carbocycles. The average Bonchev–Trinajstić information content (AvgIpc) is 3.26. The van der Waals surface area contributed by atoms with E-state index >= 15 is 0 Å². The molecule has 180 valence electrons. The second-order valence-electron chi connectivity index (χ2n) is 8.86. The lowest BCUT2D eigenvalue weighted by Crippen LogP contribution is -2.30. The van der Waals surface area contributed by atoms with Crippen molar-refractivity contribution in [2.75, 3.05) is 18.4 Å². The summed E-state index contributed by atoms with van der Waals surface area (Å²) in [5.41, 5.74) is 1.54. The van der Waals surface area contributed by atoms with Gasteiger partial charge in [0.15, 0.2) is 11.0 Å². The van der Waals surface area contributed by atoms with Gasteiger partial charge in [0, 0.05) is 11.4 Å². The number of hydrogen-bond acceptors (Lipinski definition) is 5. The van der Waals surface area contributed by atoms with Crippen LogP contribution in [0.3, 0.4) is 0 Å². The molecule has 0 aliphatic carbocycles. The largest absolute Gasteiger partial charge is 0.325 e. The van der Waals surface area contributed by atoms with Crippen LogP contribution in [-0.4, -0.2) is 43.9 Å². The van der Waals surface area contributed by atoms with Crippen molar-refractivity contribution < 1.29 is 9.18 Å². The van der Waals surface area contributed by atoms with Gasteiger partial charge in [-0.25, -0.2) is 4.39 Å². The number of rotatable bonds is 7. The van der Waals surface area contributed by atoms with Crippen LogP contribution in [0.4, 0.5) is 10.1 Å². The molecule has 2 heterocycles. The minimum atomic E-state index is -0.410. The van der Waals surface area contributed by atoms with Crippen LogP contribution in [0.5, 0.6) is 0 Å². The van der Waals surface area contributed by atoms with E-state index in [2.05, 4.69) is 20.4 Å². The molecule has 1 aromatic heterocycles. The summed E-state index contributed by atoms with van der Waals surface area (Å²) < 4.78 is 15.6. The number of nitrogens with zero attached hydrogens (tertiary/aromatic N) is 4. The summed E-state index contributed by atoms with van der Waals surface area (Å²) in [6.07, 6.45) is 3.61. The van der Waals surface area contributed by atoms with Gasteiger partial charge in [-0.3, -0.25) is 14.3 Å². The molecule has 8 heteroatoms. The summed E-state index contributed by atoms with van der Waals surface area (Å²) >= 11 is 1.35. The maximum Gasteiger partial charge on any atom is 0.237 e. The Morgan fingerprint density at radius 3 is 2.51 bits per heavy atom. The van der Waals surface area contributed by atoms with Crippen LogP contribution < -0.4 is 5.32 Å². The van der Waals surface area contributed by atoms with Crippen LogP contribution in [-0.2, 0) is 11.3 Å². The van der Waals surface area contributed by atoms with Gasteiger partial charge in [-0.2, -0.15) is 0 Å². The smallest absolute Gasteiger partial charge is 0.237 e. The molecular weight excluding hydrogens is 461 g/mol. The number of nitrogens with one attached hydrogen (secondary N) is 1. The van der Waals surface area contributed by atoms with Crippen molar-refractivity contribution in [2.45, 2.75) is 43.1 Å². The van der Waals surface area contributed by atoms with Gasteiger partial charge >= 0.3 is 0 Å². The number of carbonyl (C=O) groups is 1. The number of piperidine rings is 1. The molecule has 1 aliphatic rings. The Kier molecular flexibility index (Phi) is 7.11. The first-order valence-corrected chi connectivity index (χ1v) is 12.8. The van der Waals surface area contributed by atoms with Crippen LogP contribution in [0.15, 0.2) is 71.9 Å². The Hall–Kier alpha value is -3.23. The maximum absolute atomic E-state index is 13.6. The quantitative estimate of drug-likeness (QED) is 0.339.